The van der Waals surface area contributed by atoms with Gasteiger partial charge >= 0.3 is 0 Å². The summed E-state index contributed by atoms with van der Waals surface area (Å²) in [4.78, 5) is 13.3. The van der Waals surface area contributed by atoms with E-state index in [1.54, 1.807) is 7.11 Å². The third-order valence-corrected chi connectivity index (χ3v) is 5.84. The highest BCUT2D eigenvalue weighted by Crippen LogP contribution is 2.32. The van der Waals surface area contributed by atoms with Crippen LogP contribution >= 0.6 is 11.6 Å². The van der Waals surface area contributed by atoms with Gasteiger partial charge in [-0.05, 0) is 55.3 Å². The predicted molar refractivity (Wildman–Crippen MR) is 130 cm³/mol. The standard InChI is InChI=1S/C27H25ClN2O2/c1-18(20-8-5-4-6-9-20)29-27(31)25-17-26(21-12-14-22(28)15-13-21)30(19(25)2)23-10-7-11-24(16-23)32-3/h4-18H,1-3H3,(H,29,31). The number of aromatic nitrogens is 1. The Morgan fingerprint density at radius 1 is 0.969 bits per heavy atom. The second-order valence-corrected chi connectivity index (χ2v) is 8.11. The predicted octanol–water partition coefficient (Wildman–Crippen LogP) is 6.61. The molecule has 0 saturated carbocycles. The number of nitrogens with one attached hydrogen (secondary N) is 1. The van der Waals surface area contributed by atoms with E-state index in [2.05, 4.69) is 9.88 Å². The van der Waals surface area contributed by atoms with E-state index in [0.717, 1.165) is 34.0 Å². The summed E-state index contributed by atoms with van der Waals surface area (Å²) in [5.41, 5.74) is 5.33. The van der Waals surface area contributed by atoms with E-state index in [4.69, 9.17) is 16.3 Å². The van der Waals surface area contributed by atoms with E-state index < -0.39 is 0 Å². The molecule has 5 heteroatoms. The maximum atomic E-state index is 13.3. The van der Waals surface area contributed by atoms with E-state index in [1.165, 1.54) is 0 Å². The van der Waals surface area contributed by atoms with Gasteiger partial charge in [0.1, 0.15) is 5.75 Å². The van der Waals surface area contributed by atoms with Crippen molar-refractivity contribution < 1.29 is 9.53 Å². The van der Waals surface area contributed by atoms with Crippen molar-refractivity contribution in [2.45, 2.75) is 19.9 Å². The first-order valence-electron chi connectivity index (χ1n) is 10.5. The van der Waals surface area contributed by atoms with E-state index in [1.807, 2.05) is 98.8 Å². The smallest absolute Gasteiger partial charge is 0.253 e. The number of hydrogen-bond donors (Lipinski definition) is 1. The zero-order valence-corrected chi connectivity index (χ0v) is 19.1. The summed E-state index contributed by atoms with van der Waals surface area (Å²) in [6.45, 7) is 3.95. The normalized spacial score (nSPS) is 11.8. The maximum absolute atomic E-state index is 13.3. The molecule has 0 bridgehead atoms. The fourth-order valence-corrected chi connectivity index (χ4v) is 3.98. The quantitative estimate of drug-likeness (QED) is 0.363. The van der Waals surface area contributed by atoms with E-state index in [0.29, 0.717) is 10.6 Å². The topological polar surface area (TPSA) is 43.3 Å². The first kappa shape index (κ1) is 21.7. The minimum atomic E-state index is -0.115. The van der Waals surface area contributed by atoms with Crippen LogP contribution in [0.5, 0.6) is 5.75 Å². The fraction of sp³-hybridized carbons (Fsp3) is 0.148. The van der Waals surface area contributed by atoms with Crippen LogP contribution in [0.2, 0.25) is 5.02 Å². The Labute approximate surface area is 193 Å². The van der Waals surface area contributed by atoms with Gasteiger partial charge in [0.2, 0.25) is 0 Å². The molecule has 4 aromatic rings. The molecular weight excluding hydrogens is 420 g/mol. The molecule has 1 atom stereocenters. The molecule has 0 aliphatic rings. The molecule has 162 valence electrons. The van der Waals surface area contributed by atoms with Crippen LogP contribution in [0.3, 0.4) is 0 Å². The molecule has 32 heavy (non-hydrogen) atoms. The minimum Gasteiger partial charge on any atom is -0.497 e. The molecule has 4 rings (SSSR count). The van der Waals surface area contributed by atoms with Crippen LogP contribution in [0.1, 0.15) is 34.6 Å². The fourth-order valence-electron chi connectivity index (χ4n) is 3.85. The number of rotatable bonds is 6. The van der Waals surface area contributed by atoms with Crippen molar-refractivity contribution in [2.24, 2.45) is 0 Å². The van der Waals surface area contributed by atoms with Crippen LogP contribution < -0.4 is 10.1 Å². The van der Waals surface area contributed by atoms with Crippen molar-refractivity contribution in [2.75, 3.05) is 7.11 Å². The molecule has 0 radical (unpaired) electrons. The number of halogens is 1. The lowest BCUT2D eigenvalue weighted by Gasteiger charge is -2.15. The number of nitrogens with zero attached hydrogens (tertiary/aromatic N) is 1. The van der Waals surface area contributed by atoms with Crippen LogP contribution in [-0.4, -0.2) is 17.6 Å². The summed E-state index contributed by atoms with van der Waals surface area (Å²) in [6.07, 6.45) is 0. The highest BCUT2D eigenvalue weighted by atomic mass is 35.5. The number of amides is 1. The Bertz CT molecular complexity index is 1230. The van der Waals surface area contributed by atoms with Gasteiger partial charge in [0.25, 0.3) is 5.91 Å². The maximum Gasteiger partial charge on any atom is 0.253 e. The van der Waals surface area contributed by atoms with Gasteiger partial charge in [0, 0.05) is 22.5 Å². The van der Waals surface area contributed by atoms with Gasteiger partial charge in [-0.15, -0.1) is 0 Å². The van der Waals surface area contributed by atoms with Crippen molar-refractivity contribution in [3.8, 4) is 22.7 Å². The number of carbonyl (C=O) groups is 1. The molecule has 0 fully saturated rings. The van der Waals surface area contributed by atoms with Crippen molar-refractivity contribution >= 4 is 17.5 Å². The van der Waals surface area contributed by atoms with Crippen molar-refractivity contribution in [1.29, 1.82) is 0 Å². The summed E-state index contributed by atoms with van der Waals surface area (Å²) in [5.74, 6) is 0.636. The number of carbonyl (C=O) groups excluding carboxylic acids is 1. The zero-order chi connectivity index (χ0) is 22.7. The third kappa shape index (κ3) is 4.41. The van der Waals surface area contributed by atoms with Gasteiger partial charge in [-0.1, -0.05) is 60.1 Å². The zero-order valence-electron chi connectivity index (χ0n) is 18.3. The molecule has 1 heterocycles. The average Bonchev–Trinajstić information content (AvgIpc) is 3.17. The van der Waals surface area contributed by atoms with Crippen molar-refractivity contribution in [1.82, 2.24) is 9.88 Å². The van der Waals surface area contributed by atoms with Gasteiger partial charge < -0.3 is 14.6 Å². The molecule has 0 saturated heterocycles. The number of benzene rings is 3. The number of hydrogen-bond acceptors (Lipinski definition) is 2. The Hall–Kier alpha value is -3.50. The summed E-state index contributed by atoms with van der Waals surface area (Å²) < 4.78 is 7.50. The molecule has 1 N–H and O–H groups in total. The molecule has 1 amide bonds. The number of ether oxygens (including phenoxy) is 1. The molecule has 0 spiro atoms. The Balaban J connectivity index is 1.78. The van der Waals surface area contributed by atoms with Gasteiger partial charge in [-0.25, -0.2) is 0 Å². The average molecular weight is 445 g/mol. The van der Waals surface area contributed by atoms with Gasteiger partial charge in [-0.3, -0.25) is 4.79 Å². The van der Waals surface area contributed by atoms with Crippen LogP contribution in [0.4, 0.5) is 0 Å². The molecule has 3 aromatic carbocycles. The van der Waals surface area contributed by atoms with Crippen LogP contribution in [0.15, 0.2) is 84.9 Å². The summed E-state index contributed by atoms with van der Waals surface area (Å²) in [6, 6.07) is 27.2. The van der Waals surface area contributed by atoms with Crippen molar-refractivity contribution in [3.63, 3.8) is 0 Å². The highest BCUT2D eigenvalue weighted by Gasteiger charge is 2.21. The van der Waals surface area contributed by atoms with Crippen LogP contribution in [0.25, 0.3) is 16.9 Å². The Morgan fingerprint density at radius 3 is 2.38 bits per heavy atom. The lowest BCUT2D eigenvalue weighted by atomic mass is 10.1. The Kier molecular flexibility index (Phi) is 6.33. The summed E-state index contributed by atoms with van der Waals surface area (Å²) >= 11 is 6.11. The summed E-state index contributed by atoms with van der Waals surface area (Å²) in [7, 11) is 1.64. The minimum absolute atomic E-state index is 0.109. The largest absolute Gasteiger partial charge is 0.497 e. The molecule has 4 nitrogen and oxygen atoms in total. The van der Waals surface area contributed by atoms with Crippen LogP contribution in [0, 0.1) is 6.92 Å². The SMILES string of the molecule is COc1cccc(-n2c(-c3ccc(Cl)cc3)cc(C(=O)NC(C)c3ccccc3)c2C)c1. The monoisotopic (exact) mass is 444 g/mol. The molecule has 0 aliphatic carbocycles. The second-order valence-electron chi connectivity index (χ2n) is 7.68. The first-order valence-corrected chi connectivity index (χ1v) is 10.8. The second kappa shape index (κ2) is 9.33. The molecular formula is C27H25ClN2O2. The number of methoxy groups -OCH3 is 1. The van der Waals surface area contributed by atoms with E-state index in [-0.39, 0.29) is 11.9 Å². The Morgan fingerprint density at radius 2 is 1.69 bits per heavy atom. The lowest BCUT2D eigenvalue weighted by Crippen LogP contribution is -2.27. The van der Waals surface area contributed by atoms with Gasteiger partial charge in [-0.2, -0.15) is 0 Å². The van der Waals surface area contributed by atoms with Gasteiger partial charge in [0.05, 0.1) is 24.4 Å². The highest BCUT2D eigenvalue weighted by molar-refractivity contribution is 6.30. The molecule has 0 aliphatic heterocycles. The lowest BCUT2D eigenvalue weighted by molar-refractivity contribution is 0.0939. The summed E-state index contributed by atoms with van der Waals surface area (Å²) in [5, 5.41) is 3.80. The van der Waals surface area contributed by atoms with E-state index in [9.17, 15) is 4.79 Å². The van der Waals surface area contributed by atoms with E-state index >= 15 is 0 Å². The van der Waals surface area contributed by atoms with Gasteiger partial charge in [0.15, 0.2) is 0 Å². The third-order valence-electron chi connectivity index (χ3n) is 5.59. The molecule has 1 unspecified atom stereocenters. The van der Waals surface area contributed by atoms with Crippen LogP contribution in [-0.2, 0) is 0 Å². The molecule has 1 aromatic heterocycles. The van der Waals surface area contributed by atoms with Crippen molar-refractivity contribution in [3.05, 3.63) is 107 Å². The first-order chi connectivity index (χ1) is 15.5.